The summed E-state index contributed by atoms with van der Waals surface area (Å²) in [6, 6.07) is 9.38. The van der Waals surface area contributed by atoms with E-state index in [1.165, 1.54) is 22.3 Å². The van der Waals surface area contributed by atoms with Crippen molar-refractivity contribution in [2.75, 3.05) is 0 Å². The molecule has 1 atom stereocenters. The van der Waals surface area contributed by atoms with Crippen LogP contribution in [0.15, 0.2) is 35.0 Å². The molecule has 1 nitrogen and oxygen atoms in total. The van der Waals surface area contributed by atoms with Crippen LogP contribution in [0.2, 0.25) is 0 Å². The van der Waals surface area contributed by atoms with Gasteiger partial charge in [-0.25, -0.2) is 0 Å². The number of thiophene rings is 1. The van der Waals surface area contributed by atoms with Gasteiger partial charge in [0.2, 0.25) is 0 Å². The summed E-state index contributed by atoms with van der Waals surface area (Å²) in [5, 5.41) is 8.05. The van der Waals surface area contributed by atoms with Crippen molar-refractivity contribution < 1.29 is 0 Å². The third-order valence-electron chi connectivity index (χ3n) is 3.84. The minimum atomic E-state index is 0.225. The molecule has 1 heterocycles. The van der Waals surface area contributed by atoms with Crippen LogP contribution in [0.25, 0.3) is 0 Å². The minimum absolute atomic E-state index is 0.225. The molecule has 0 spiro atoms. The molecule has 0 saturated carbocycles. The van der Waals surface area contributed by atoms with Gasteiger partial charge in [-0.05, 0) is 52.3 Å². The Hall–Kier alpha value is -1.12. The van der Waals surface area contributed by atoms with Gasteiger partial charge in [-0.3, -0.25) is 0 Å². The van der Waals surface area contributed by atoms with E-state index in [0.717, 1.165) is 6.54 Å². The van der Waals surface area contributed by atoms with Crippen LogP contribution >= 0.6 is 11.3 Å². The lowest BCUT2D eigenvalue weighted by molar-refractivity contribution is 0.569. The quantitative estimate of drug-likeness (QED) is 0.814. The lowest BCUT2D eigenvalue weighted by Crippen LogP contribution is -2.18. The Kier molecular flexibility index (Phi) is 4.66. The zero-order valence-electron chi connectivity index (χ0n) is 13.2. The van der Waals surface area contributed by atoms with E-state index in [2.05, 4.69) is 75.0 Å². The Morgan fingerprint density at radius 1 is 1.10 bits per heavy atom. The molecule has 0 saturated heterocycles. The molecule has 0 aliphatic rings. The van der Waals surface area contributed by atoms with Gasteiger partial charge in [0.25, 0.3) is 0 Å². The summed E-state index contributed by atoms with van der Waals surface area (Å²) in [5.41, 5.74) is 5.77. The van der Waals surface area contributed by atoms with Gasteiger partial charge in [0.1, 0.15) is 0 Å². The Labute approximate surface area is 127 Å². The lowest BCUT2D eigenvalue weighted by Gasteiger charge is -2.20. The fraction of sp³-hybridized carbons (Fsp3) is 0.444. The molecule has 0 fully saturated rings. The fourth-order valence-corrected chi connectivity index (χ4v) is 3.08. The number of nitrogens with one attached hydrogen (secondary N) is 1. The predicted molar refractivity (Wildman–Crippen MR) is 89.5 cm³/mol. The van der Waals surface area contributed by atoms with E-state index in [9.17, 15) is 0 Å². The van der Waals surface area contributed by atoms with E-state index in [1.54, 1.807) is 11.3 Å². The molecule has 2 heteroatoms. The first kappa shape index (κ1) is 15.3. The van der Waals surface area contributed by atoms with Crippen LogP contribution in [0.1, 0.15) is 56.0 Å². The Morgan fingerprint density at radius 3 is 2.25 bits per heavy atom. The number of rotatable bonds is 4. The summed E-state index contributed by atoms with van der Waals surface area (Å²) in [4.78, 5) is 0. The molecule has 2 rings (SSSR count). The van der Waals surface area contributed by atoms with Crippen molar-refractivity contribution in [3.63, 3.8) is 0 Å². The van der Waals surface area contributed by atoms with Crippen LogP contribution in [0.4, 0.5) is 0 Å². The SMILES string of the molecule is Cc1cscc1CNC(C)c1ccc(C(C)(C)C)cc1. The van der Waals surface area contributed by atoms with Gasteiger partial charge >= 0.3 is 0 Å². The molecule has 1 unspecified atom stereocenters. The summed E-state index contributed by atoms with van der Waals surface area (Å²) in [5.74, 6) is 0. The molecule has 0 radical (unpaired) electrons. The summed E-state index contributed by atoms with van der Waals surface area (Å²) >= 11 is 1.78. The molecule has 1 aromatic carbocycles. The molecule has 0 aliphatic heterocycles. The molecule has 0 bridgehead atoms. The summed E-state index contributed by atoms with van der Waals surface area (Å²) < 4.78 is 0. The topological polar surface area (TPSA) is 12.0 Å². The van der Waals surface area contributed by atoms with Gasteiger partial charge in [0.05, 0.1) is 0 Å². The Morgan fingerprint density at radius 2 is 1.75 bits per heavy atom. The molecule has 0 aliphatic carbocycles. The summed E-state index contributed by atoms with van der Waals surface area (Å²) in [6.45, 7) is 12.1. The second-order valence-corrected chi connectivity index (χ2v) is 7.30. The van der Waals surface area contributed by atoms with E-state index in [-0.39, 0.29) is 5.41 Å². The fourth-order valence-electron chi connectivity index (χ4n) is 2.22. The highest BCUT2D eigenvalue weighted by Gasteiger charge is 2.14. The first-order valence-electron chi connectivity index (χ1n) is 7.23. The van der Waals surface area contributed by atoms with Crippen molar-refractivity contribution in [2.24, 2.45) is 0 Å². The average Bonchev–Trinajstić information content (AvgIpc) is 2.81. The monoisotopic (exact) mass is 287 g/mol. The molecule has 1 N–H and O–H groups in total. The maximum atomic E-state index is 3.61. The summed E-state index contributed by atoms with van der Waals surface area (Å²) in [7, 11) is 0. The van der Waals surface area contributed by atoms with Crippen molar-refractivity contribution in [1.29, 1.82) is 0 Å². The number of benzene rings is 1. The van der Waals surface area contributed by atoms with Crippen molar-refractivity contribution in [1.82, 2.24) is 5.32 Å². The zero-order valence-corrected chi connectivity index (χ0v) is 14.0. The third kappa shape index (κ3) is 3.71. The highest BCUT2D eigenvalue weighted by atomic mass is 32.1. The Balaban J connectivity index is 1.99. The zero-order chi connectivity index (χ0) is 14.8. The standard InChI is InChI=1S/C18H25NS/c1-13-11-20-12-16(13)10-19-14(2)15-6-8-17(9-7-15)18(3,4)5/h6-9,11-12,14,19H,10H2,1-5H3. The largest absolute Gasteiger partial charge is 0.306 e. The van der Waals surface area contributed by atoms with Crippen LogP contribution in [0.3, 0.4) is 0 Å². The van der Waals surface area contributed by atoms with Gasteiger partial charge in [0.15, 0.2) is 0 Å². The first-order chi connectivity index (χ1) is 9.38. The van der Waals surface area contributed by atoms with Gasteiger partial charge in [0, 0.05) is 12.6 Å². The van der Waals surface area contributed by atoms with Crippen LogP contribution < -0.4 is 5.32 Å². The van der Waals surface area contributed by atoms with E-state index >= 15 is 0 Å². The van der Waals surface area contributed by atoms with Crippen molar-refractivity contribution in [3.8, 4) is 0 Å². The number of aryl methyl sites for hydroxylation is 1. The average molecular weight is 287 g/mol. The van der Waals surface area contributed by atoms with Crippen molar-refractivity contribution >= 4 is 11.3 Å². The van der Waals surface area contributed by atoms with Gasteiger partial charge < -0.3 is 5.32 Å². The first-order valence-corrected chi connectivity index (χ1v) is 8.17. The second kappa shape index (κ2) is 6.11. The minimum Gasteiger partial charge on any atom is -0.306 e. The normalized spacial score (nSPS) is 13.4. The van der Waals surface area contributed by atoms with Gasteiger partial charge in [-0.1, -0.05) is 45.0 Å². The van der Waals surface area contributed by atoms with E-state index in [0.29, 0.717) is 6.04 Å². The Bertz CT molecular complexity index is 546. The molecular weight excluding hydrogens is 262 g/mol. The van der Waals surface area contributed by atoms with E-state index in [1.807, 2.05) is 0 Å². The smallest absolute Gasteiger partial charge is 0.0294 e. The van der Waals surface area contributed by atoms with Crippen LogP contribution in [-0.4, -0.2) is 0 Å². The highest BCUT2D eigenvalue weighted by molar-refractivity contribution is 7.08. The molecular formula is C18H25NS. The van der Waals surface area contributed by atoms with Crippen LogP contribution in [0, 0.1) is 6.92 Å². The van der Waals surface area contributed by atoms with Gasteiger partial charge in [-0.2, -0.15) is 11.3 Å². The molecule has 1 aromatic heterocycles. The second-order valence-electron chi connectivity index (χ2n) is 6.55. The molecule has 2 aromatic rings. The lowest BCUT2D eigenvalue weighted by atomic mass is 9.86. The summed E-state index contributed by atoms with van der Waals surface area (Å²) in [6.07, 6.45) is 0. The van der Waals surface area contributed by atoms with Crippen molar-refractivity contribution in [3.05, 3.63) is 57.3 Å². The molecule has 108 valence electrons. The predicted octanol–water partition coefficient (Wildman–Crippen LogP) is 5.20. The van der Waals surface area contributed by atoms with E-state index < -0.39 is 0 Å². The van der Waals surface area contributed by atoms with Crippen molar-refractivity contribution in [2.45, 2.75) is 52.6 Å². The van der Waals surface area contributed by atoms with E-state index in [4.69, 9.17) is 0 Å². The third-order valence-corrected chi connectivity index (χ3v) is 4.75. The maximum absolute atomic E-state index is 3.61. The number of hydrogen-bond acceptors (Lipinski definition) is 2. The molecule has 20 heavy (non-hydrogen) atoms. The van der Waals surface area contributed by atoms with Crippen LogP contribution in [-0.2, 0) is 12.0 Å². The number of hydrogen-bond donors (Lipinski definition) is 1. The van der Waals surface area contributed by atoms with Gasteiger partial charge in [-0.15, -0.1) is 0 Å². The highest BCUT2D eigenvalue weighted by Crippen LogP contribution is 2.24. The maximum Gasteiger partial charge on any atom is 0.0294 e. The molecule has 0 amide bonds. The van der Waals surface area contributed by atoms with Crippen LogP contribution in [0.5, 0.6) is 0 Å².